The van der Waals surface area contributed by atoms with Crippen molar-refractivity contribution >= 4 is 21.8 Å². The lowest BCUT2D eigenvalue weighted by Gasteiger charge is -2.34. The number of aromatic nitrogens is 1. The minimum absolute atomic E-state index is 0.0179. The molecule has 12 heteroatoms. The molecule has 2 atom stereocenters. The average molecular weight is 541 g/mol. The van der Waals surface area contributed by atoms with Gasteiger partial charge >= 0.3 is 0 Å². The second kappa shape index (κ2) is 12.5. The van der Waals surface area contributed by atoms with E-state index in [1.54, 1.807) is 6.20 Å². The molecule has 2 amide bonds. The summed E-state index contributed by atoms with van der Waals surface area (Å²) in [5, 5.41) is 5.42. The molecule has 1 aliphatic rings. The molecule has 0 spiro atoms. The zero-order valence-corrected chi connectivity index (χ0v) is 21.6. The topological polar surface area (TPSA) is 108 Å². The van der Waals surface area contributed by atoms with Gasteiger partial charge in [0.05, 0.1) is 5.75 Å². The number of nitrogens with one attached hydrogen (secondary N) is 2. The SMILES string of the molecule is CCCC(NC(=O)C1CCCCN1S(=O)(=O)Cc1c(F)cc(F)cc1F)C(=O)NCc1ccc(C)nc1. The first-order valence-corrected chi connectivity index (χ1v) is 13.7. The number of hydrogen-bond acceptors (Lipinski definition) is 5. The van der Waals surface area contributed by atoms with Gasteiger partial charge in [-0.2, -0.15) is 4.31 Å². The van der Waals surface area contributed by atoms with Crippen LogP contribution in [0.4, 0.5) is 13.2 Å². The van der Waals surface area contributed by atoms with E-state index >= 15 is 0 Å². The minimum atomic E-state index is -4.34. The lowest BCUT2D eigenvalue weighted by Crippen LogP contribution is -2.56. The first kappa shape index (κ1) is 28.6. The third-order valence-electron chi connectivity index (χ3n) is 6.20. The van der Waals surface area contributed by atoms with Crippen molar-refractivity contribution in [2.24, 2.45) is 0 Å². The van der Waals surface area contributed by atoms with Crippen molar-refractivity contribution in [3.05, 3.63) is 64.7 Å². The molecule has 0 saturated carbocycles. The molecule has 0 bridgehead atoms. The number of carbonyl (C=O) groups is 2. The summed E-state index contributed by atoms with van der Waals surface area (Å²) in [4.78, 5) is 30.2. The fourth-order valence-electron chi connectivity index (χ4n) is 4.22. The molecule has 1 aromatic carbocycles. The Balaban J connectivity index is 1.72. The van der Waals surface area contributed by atoms with Crippen molar-refractivity contribution in [3.63, 3.8) is 0 Å². The molecule has 0 aliphatic carbocycles. The van der Waals surface area contributed by atoms with Crippen LogP contribution in [0, 0.1) is 24.4 Å². The molecule has 1 fully saturated rings. The molecule has 3 rings (SSSR count). The normalized spacial score (nSPS) is 17.3. The van der Waals surface area contributed by atoms with Crippen molar-refractivity contribution < 1.29 is 31.2 Å². The fraction of sp³-hybridized carbons (Fsp3) is 0.480. The maximum absolute atomic E-state index is 14.1. The predicted molar refractivity (Wildman–Crippen MR) is 131 cm³/mol. The molecule has 2 heterocycles. The Hall–Kier alpha value is -2.99. The number of piperidine rings is 1. The Labute approximate surface area is 214 Å². The number of sulfonamides is 1. The van der Waals surface area contributed by atoms with E-state index < -0.39 is 62.7 Å². The van der Waals surface area contributed by atoms with Gasteiger partial charge in [0, 0.05) is 42.7 Å². The van der Waals surface area contributed by atoms with Crippen molar-refractivity contribution in [3.8, 4) is 0 Å². The van der Waals surface area contributed by atoms with Gasteiger partial charge in [0.15, 0.2) is 0 Å². The van der Waals surface area contributed by atoms with Gasteiger partial charge in [-0.05, 0) is 37.8 Å². The van der Waals surface area contributed by atoms with Gasteiger partial charge in [0.1, 0.15) is 29.5 Å². The van der Waals surface area contributed by atoms with Gasteiger partial charge in [-0.1, -0.05) is 25.8 Å². The molecule has 2 aromatic rings. The van der Waals surface area contributed by atoms with Crippen molar-refractivity contribution in [2.45, 2.75) is 70.3 Å². The van der Waals surface area contributed by atoms with Crippen LogP contribution in [-0.2, 0) is 31.9 Å². The van der Waals surface area contributed by atoms with E-state index in [9.17, 15) is 31.2 Å². The first-order chi connectivity index (χ1) is 17.5. The highest BCUT2D eigenvalue weighted by molar-refractivity contribution is 7.88. The van der Waals surface area contributed by atoms with Gasteiger partial charge in [-0.15, -0.1) is 0 Å². The molecule has 2 N–H and O–H groups in total. The summed E-state index contributed by atoms with van der Waals surface area (Å²) >= 11 is 0. The largest absolute Gasteiger partial charge is 0.350 e. The number of benzene rings is 1. The lowest BCUT2D eigenvalue weighted by atomic mass is 10.0. The van der Waals surface area contributed by atoms with Crippen LogP contribution < -0.4 is 10.6 Å². The van der Waals surface area contributed by atoms with Crippen molar-refractivity contribution in [1.82, 2.24) is 19.9 Å². The summed E-state index contributed by atoms with van der Waals surface area (Å²) in [5.41, 5.74) is 0.827. The van der Waals surface area contributed by atoms with E-state index in [4.69, 9.17) is 0 Å². The zero-order chi connectivity index (χ0) is 27.2. The van der Waals surface area contributed by atoms with Crippen LogP contribution in [0.3, 0.4) is 0 Å². The van der Waals surface area contributed by atoms with Gasteiger partial charge in [-0.25, -0.2) is 21.6 Å². The smallest absolute Gasteiger partial charge is 0.242 e. The van der Waals surface area contributed by atoms with E-state index in [1.807, 2.05) is 26.0 Å². The number of hydrogen-bond donors (Lipinski definition) is 2. The molecule has 8 nitrogen and oxygen atoms in total. The van der Waals surface area contributed by atoms with E-state index in [1.165, 1.54) is 0 Å². The van der Waals surface area contributed by atoms with Crippen LogP contribution in [0.2, 0.25) is 0 Å². The number of nitrogens with zero attached hydrogens (tertiary/aromatic N) is 2. The Morgan fingerprint density at radius 1 is 1.16 bits per heavy atom. The predicted octanol–water partition coefficient (Wildman–Crippen LogP) is 3.09. The van der Waals surface area contributed by atoms with Crippen LogP contribution in [0.1, 0.15) is 55.8 Å². The van der Waals surface area contributed by atoms with Crippen LogP contribution in [-0.4, -0.2) is 48.1 Å². The third kappa shape index (κ3) is 7.51. The van der Waals surface area contributed by atoms with Crippen LogP contribution in [0.5, 0.6) is 0 Å². The van der Waals surface area contributed by atoms with Crippen molar-refractivity contribution in [2.75, 3.05) is 6.54 Å². The Morgan fingerprint density at radius 2 is 1.86 bits per heavy atom. The summed E-state index contributed by atoms with van der Waals surface area (Å²) in [7, 11) is -4.34. The van der Waals surface area contributed by atoms with Crippen molar-refractivity contribution in [1.29, 1.82) is 0 Å². The summed E-state index contributed by atoms with van der Waals surface area (Å²) in [6.07, 6.45) is 3.76. The molecule has 2 unspecified atom stereocenters. The van der Waals surface area contributed by atoms with Crippen LogP contribution >= 0.6 is 0 Å². The Kier molecular flexibility index (Phi) is 9.66. The molecule has 0 radical (unpaired) electrons. The number of rotatable bonds is 10. The summed E-state index contributed by atoms with van der Waals surface area (Å²) in [5.74, 6) is -5.93. The van der Waals surface area contributed by atoms with Crippen LogP contribution in [0.25, 0.3) is 0 Å². The quantitative estimate of drug-likeness (QED) is 0.482. The number of halogens is 3. The molecule has 1 saturated heterocycles. The zero-order valence-electron chi connectivity index (χ0n) is 20.8. The van der Waals surface area contributed by atoms with Gasteiger partial charge in [0.2, 0.25) is 21.8 Å². The highest BCUT2D eigenvalue weighted by Crippen LogP contribution is 2.25. The molecule has 202 valence electrons. The Morgan fingerprint density at radius 3 is 2.49 bits per heavy atom. The second-order valence-electron chi connectivity index (χ2n) is 9.10. The molecule has 1 aromatic heterocycles. The minimum Gasteiger partial charge on any atom is -0.350 e. The molecular weight excluding hydrogens is 509 g/mol. The monoisotopic (exact) mass is 540 g/mol. The average Bonchev–Trinajstić information content (AvgIpc) is 2.85. The maximum atomic E-state index is 14.1. The molecule has 37 heavy (non-hydrogen) atoms. The number of amides is 2. The number of pyridine rings is 1. The van der Waals surface area contributed by atoms with E-state index in [-0.39, 0.29) is 19.5 Å². The summed E-state index contributed by atoms with van der Waals surface area (Å²) in [6.45, 7) is 3.88. The van der Waals surface area contributed by atoms with E-state index in [0.29, 0.717) is 37.8 Å². The maximum Gasteiger partial charge on any atom is 0.242 e. The Bertz CT molecular complexity index is 1200. The summed E-state index contributed by atoms with van der Waals surface area (Å²) in [6, 6.07) is 2.43. The standard InChI is InChI=1S/C25H31F3N4O4S/c1-3-6-22(24(33)30-14-17-9-8-16(2)29-13-17)31-25(34)23-7-4-5-10-32(23)37(35,36)15-19-20(27)11-18(26)12-21(19)28/h8-9,11-13,22-23H,3-7,10,14-15H2,1-2H3,(H,30,33)(H,31,34). The molecular formula is C25H31F3N4O4S. The summed E-state index contributed by atoms with van der Waals surface area (Å²) < 4.78 is 68.7. The van der Waals surface area contributed by atoms with E-state index in [2.05, 4.69) is 15.6 Å². The highest BCUT2D eigenvalue weighted by atomic mass is 32.2. The molecule has 1 aliphatic heterocycles. The fourth-order valence-corrected chi connectivity index (χ4v) is 6.02. The number of carbonyl (C=O) groups excluding carboxylic acids is 2. The van der Waals surface area contributed by atoms with Gasteiger partial charge < -0.3 is 10.6 Å². The second-order valence-corrected chi connectivity index (χ2v) is 11.0. The third-order valence-corrected chi connectivity index (χ3v) is 8.00. The highest BCUT2D eigenvalue weighted by Gasteiger charge is 2.38. The number of aryl methyl sites for hydroxylation is 1. The van der Waals surface area contributed by atoms with E-state index in [0.717, 1.165) is 15.6 Å². The van der Waals surface area contributed by atoms with Gasteiger partial charge in [-0.3, -0.25) is 14.6 Å². The van der Waals surface area contributed by atoms with Crippen LogP contribution in [0.15, 0.2) is 30.5 Å². The first-order valence-electron chi connectivity index (χ1n) is 12.1. The lowest BCUT2D eigenvalue weighted by molar-refractivity contribution is -0.131. The van der Waals surface area contributed by atoms with Gasteiger partial charge in [0.25, 0.3) is 0 Å².